The van der Waals surface area contributed by atoms with Crippen LogP contribution in [0, 0.1) is 0 Å². The van der Waals surface area contributed by atoms with Crippen molar-refractivity contribution < 1.29 is 18.2 Å². The summed E-state index contributed by atoms with van der Waals surface area (Å²) in [6.45, 7) is 9.84. The van der Waals surface area contributed by atoms with Gasteiger partial charge in [-0.05, 0) is 76.1 Å². The fraction of sp³-hybridized carbons (Fsp3) is 0.565. The maximum Gasteiger partial charge on any atom is 0.376 e. The molecule has 10 heteroatoms. The number of benzene rings is 1. The summed E-state index contributed by atoms with van der Waals surface area (Å²) in [5, 5.41) is 9.79. The van der Waals surface area contributed by atoms with Gasteiger partial charge in [0.15, 0.2) is 0 Å². The molecule has 3 heterocycles. The van der Waals surface area contributed by atoms with Crippen molar-refractivity contribution in [1.29, 1.82) is 0 Å². The molecule has 0 radical (unpaired) electrons. The average Bonchev–Trinajstić information content (AvgIpc) is 3.30. The van der Waals surface area contributed by atoms with Crippen LogP contribution in [0.3, 0.4) is 0 Å². The standard InChI is InChI=1S/C23H34BN3O4S2/c1-18-16-26(19-10-12-27(13-11-19)24(2)28)15-14-25(18)17-21-6-9-23(32-21)33(29,30)22-7-4-20(31-3)5-8-22/h4-9,18-19,28H,10-17H2,1-3H3/t18-/m1/s1. The van der Waals surface area contributed by atoms with E-state index in [1.165, 1.54) is 11.3 Å². The largest absolute Gasteiger partial charge is 0.497 e. The zero-order valence-corrected chi connectivity index (χ0v) is 21.3. The summed E-state index contributed by atoms with van der Waals surface area (Å²) in [4.78, 5) is 8.57. The molecule has 0 bridgehead atoms. The van der Waals surface area contributed by atoms with Crippen LogP contribution < -0.4 is 4.74 Å². The monoisotopic (exact) mass is 491 g/mol. The van der Waals surface area contributed by atoms with Gasteiger partial charge in [0.25, 0.3) is 0 Å². The van der Waals surface area contributed by atoms with Crippen molar-refractivity contribution in [3.63, 3.8) is 0 Å². The van der Waals surface area contributed by atoms with E-state index in [-0.39, 0.29) is 7.05 Å². The summed E-state index contributed by atoms with van der Waals surface area (Å²) in [6, 6.07) is 11.2. The molecule has 2 saturated heterocycles. The van der Waals surface area contributed by atoms with E-state index in [0.717, 1.165) is 57.0 Å². The van der Waals surface area contributed by atoms with E-state index < -0.39 is 9.84 Å². The third kappa shape index (κ3) is 5.63. The van der Waals surface area contributed by atoms with Crippen LogP contribution in [0.2, 0.25) is 6.82 Å². The second-order valence-electron chi connectivity index (χ2n) is 9.11. The van der Waals surface area contributed by atoms with E-state index in [9.17, 15) is 13.4 Å². The first-order valence-electron chi connectivity index (χ1n) is 11.7. The summed E-state index contributed by atoms with van der Waals surface area (Å²) in [5.41, 5.74) is 0. The van der Waals surface area contributed by atoms with E-state index in [2.05, 4.69) is 21.5 Å². The fourth-order valence-corrected chi connectivity index (χ4v) is 7.66. The van der Waals surface area contributed by atoms with Crippen LogP contribution in [0.4, 0.5) is 0 Å². The molecule has 180 valence electrons. The molecule has 1 atom stereocenters. The molecule has 2 aromatic rings. The molecule has 2 aliphatic heterocycles. The highest BCUT2D eigenvalue weighted by Crippen LogP contribution is 2.30. The Labute approximate surface area is 202 Å². The van der Waals surface area contributed by atoms with Crippen molar-refractivity contribution in [1.82, 2.24) is 14.6 Å². The molecule has 0 aliphatic carbocycles. The van der Waals surface area contributed by atoms with Crippen LogP contribution in [0.1, 0.15) is 24.6 Å². The van der Waals surface area contributed by atoms with Crippen molar-refractivity contribution in [3.05, 3.63) is 41.3 Å². The molecule has 33 heavy (non-hydrogen) atoms. The van der Waals surface area contributed by atoms with Gasteiger partial charge < -0.3 is 14.6 Å². The topological polar surface area (TPSA) is 73.3 Å². The molecule has 2 aliphatic rings. The lowest BCUT2D eigenvalue weighted by atomic mass is 9.82. The van der Waals surface area contributed by atoms with Gasteiger partial charge in [0.05, 0.1) is 12.0 Å². The molecular formula is C23H34BN3O4S2. The van der Waals surface area contributed by atoms with Gasteiger partial charge >= 0.3 is 7.05 Å². The van der Waals surface area contributed by atoms with Crippen LogP contribution in [0.15, 0.2) is 45.5 Å². The Morgan fingerprint density at radius 2 is 1.79 bits per heavy atom. The number of piperidine rings is 1. The van der Waals surface area contributed by atoms with E-state index in [1.807, 2.05) is 12.9 Å². The predicted octanol–water partition coefficient (Wildman–Crippen LogP) is 2.67. The van der Waals surface area contributed by atoms with Gasteiger partial charge in [0, 0.05) is 43.1 Å². The minimum Gasteiger partial charge on any atom is -0.497 e. The van der Waals surface area contributed by atoms with Gasteiger partial charge in [0.1, 0.15) is 9.96 Å². The Bertz CT molecular complexity index is 1020. The van der Waals surface area contributed by atoms with Gasteiger partial charge in [-0.1, -0.05) is 0 Å². The SMILES string of the molecule is COc1ccc(S(=O)(=O)c2ccc(CN3CCN(C4CCN(B(C)O)CC4)C[C@H]3C)s2)cc1. The van der Waals surface area contributed by atoms with Gasteiger partial charge in [0.2, 0.25) is 9.84 Å². The second-order valence-corrected chi connectivity index (χ2v) is 12.5. The first kappa shape index (κ1) is 24.7. The summed E-state index contributed by atoms with van der Waals surface area (Å²) in [7, 11) is -2.31. The van der Waals surface area contributed by atoms with Crippen molar-refractivity contribution in [2.75, 3.05) is 39.8 Å². The quantitative estimate of drug-likeness (QED) is 0.597. The molecule has 0 unspecified atom stereocenters. The van der Waals surface area contributed by atoms with Crippen LogP contribution in [-0.4, -0.2) is 87.0 Å². The second kappa shape index (κ2) is 10.5. The minimum atomic E-state index is -3.52. The number of piperazine rings is 1. The first-order chi connectivity index (χ1) is 15.8. The minimum absolute atomic E-state index is 0.292. The van der Waals surface area contributed by atoms with E-state index in [4.69, 9.17) is 4.74 Å². The third-order valence-electron chi connectivity index (χ3n) is 6.97. The number of thiophene rings is 1. The average molecular weight is 491 g/mol. The molecule has 1 aromatic carbocycles. The molecule has 4 rings (SSSR count). The summed E-state index contributed by atoms with van der Waals surface area (Å²) in [6.07, 6.45) is 2.21. The molecular weight excluding hydrogens is 457 g/mol. The highest BCUT2D eigenvalue weighted by Gasteiger charge is 2.32. The molecule has 2 fully saturated rings. The first-order valence-corrected chi connectivity index (χ1v) is 14.0. The Kier molecular flexibility index (Phi) is 7.82. The maximum atomic E-state index is 13.0. The Balaban J connectivity index is 1.34. The zero-order chi connectivity index (χ0) is 23.6. The van der Waals surface area contributed by atoms with Crippen LogP contribution in [-0.2, 0) is 16.4 Å². The van der Waals surface area contributed by atoms with E-state index in [0.29, 0.717) is 26.9 Å². The van der Waals surface area contributed by atoms with Crippen LogP contribution in [0.25, 0.3) is 0 Å². The van der Waals surface area contributed by atoms with Gasteiger partial charge in [-0.3, -0.25) is 9.80 Å². The lowest BCUT2D eigenvalue weighted by Crippen LogP contribution is -2.57. The van der Waals surface area contributed by atoms with Crippen molar-refractivity contribution in [2.24, 2.45) is 0 Å². The molecule has 1 aromatic heterocycles. The lowest BCUT2D eigenvalue weighted by molar-refractivity contribution is 0.0344. The van der Waals surface area contributed by atoms with Gasteiger partial charge in [-0.25, -0.2) is 8.42 Å². The fourth-order valence-electron chi connectivity index (χ4n) is 4.87. The highest BCUT2D eigenvalue weighted by atomic mass is 32.2. The summed E-state index contributed by atoms with van der Waals surface area (Å²) in [5.74, 6) is 0.641. The lowest BCUT2D eigenvalue weighted by Gasteiger charge is -2.45. The predicted molar refractivity (Wildman–Crippen MR) is 133 cm³/mol. The highest BCUT2D eigenvalue weighted by molar-refractivity contribution is 7.93. The maximum absolute atomic E-state index is 13.0. The van der Waals surface area contributed by atoms with Crippen LogP contribution in [0.5, 0.6) is 5.75 Å². The van der Waals surface area contributed by atoms with E-state index in [1.54, 1.807) is 37.4 Å². The van der Waals surface area contributed by atoms with Crippen molar-refractivity contribution in [2.45, 2.75) is 54.3 Å². The van der Waals surface area contributed by atoms with Crippen LogP contribution >= 0.6 is 11.3 Å². The number of ether oxygens (including phenoxy) is 1. The number of nitrogens with zero attached hydrogens (tertiary/aromatic N) is 3. The normalized spacial score (nSPS) is 21.9. The molecule has 0 amide bonds. The van der Waals surface area contributed by atoms with Gasteiger partial charge in [-0.2, -0.15) is 0 Å². The number of hydrogen-bond acceptors (Lipinski definition) is 8. The number of rotatable bonds is 7. The molecule has 1 N–H and O–H groups in total. The number of hydrogen-bond donors (Lipinski definition) is 1. The number of methoxy groups -OCH3 is 1. The van der Waals surface area contributed by atoms with Crippen molar-refractivity contribution >= 4 is 28.2 Å². The number of sulfone groups is 1. The van der Waals surface area contributed by atoms with Crippen molar-refractivity contribution in [3.8, 4) is 5.75 Å². The Morgan fingerprint density at radius 3 is 2.39 bits per heavy atom. The van der Waals surface area contributed by atoms with Gasteiger partial charge in [-0.15, -0.1) is 11.3 Å². The smallest absolute Gasteiger partial charge is 0.376 e. The van der Waals surface area contributed by atoms with E-state index >= 15 is 0 Å². The Hall–Kier alpha value is -1.43. The molecule has 0 spiro atoms. The zero-order valence-electron chi connectivity index (χ0n) is 19.7. The molecule has 7 nitrogen and oxygen atoms in total. The molecule has 0 saturated carbocycles. The third-order valence-corrected chi connectivity index (χ3v) is 10.3. The Morgan fingerprint density at radius 1 is 1.09 bits per heavy atom. The summed E-state index contributed by atoms with van der Waals surface area (Å²) >= 11 is 1.37. The summed E-state index contributed by atoms with van der Waals surface area (Å²) < 4.78 is 31.6.